The lowest BCUT2D eigenvalue weighted by atomic mass is 9.99. The van der Waals surface area contributed by atoms with Crippen molar-refractivity contribution < 1.29 is 14.3 Å². The molecule has 6 heteroatoms. The van der Waals surface area contributed by atoms with E-state index in [1.54, 1.807) is 0 Å². The number of rotatable bonds is 2. The summed E-state index contributed by atoms with van der Waals surface area (Å²) in [4.78, 5) is 15.1. The highest BCUT2D eigenvalue weighted by molar-refractivity contribution is 5.99. The second-order valence-electron chi connectivity index (χ2n) is 7.29. The molecule has 2 aliphatic heterocycles. The molecule has 1 saturated carbocycles. The zero-order valence-corrected chi connectivity index (χ0v) is 15.8. The Labute approximate surface area is 164 Å². The lowest BCUT2D eigenvalue weighted by molar-refractivity contribution is -0.120. The quantitative estimate of drug-likeness (QED) is 0.802. The second kappa shape index (κ2) is 6.97. The number of fused-ring (bicyclic) bond motifs is 2. The first-order valence-electron chi connectivity index (χ1n) is 9.30. The summed E-state index contributed by atoms with van der Waals surface area (Å²) in [6.45, 7) is 1.95. The van der Waals surface area contributed by atoms with Crippen molar-refractivity contribution >= 4 is 29.7 Å². The number of nitrogens with two attached hydrogens (primary N) is 1. The summed E-state index contributed by atoms with van der Waals surface area (Å²) < 4.78 is 11.3. The van der Waals surface area contributed by atoms with Crippen LogP contribution in [-0.4, -0.2) is 25.7 Å². The molecule has 0 aromatic heterocycles. The highest BCUT2D eigenvalue weighted by Gasteiger charge is 2.47. The van der Waals surface area contributed by atoms with Crippen molar-refractivity contribution in [1.82, 2.24) is 0 Å². The van der Waals surface area contributed by atoms with E-state index >= 15 is 0 Å². The molecular weight excluding hydrogens is 364 g/mol. The van der Waals surface area contributed by atoms with Gasteiger partial charge >= 0.3 is 0 Å². The molecule has 2 atom stereocenters. The molecule has 2 aromatic carbocycles. The van der Waals surface area contributed by atoms with E-state index < -0.39 is 0 Å². The maximum Gasteiger partial charge on any atom is 0.230 e. The van der Waals surface area contributed by atoms with Crippen LogP contribution in [0.5, 0.6) is 11.5 Å². The fraction of sp³-hybridized carbons (Fsp3) is 0.381. The summed E-state index contributed by atoms with van der Waals surface area (Å²) in [7, 11) is 0. The fourth-order valence-electron chi connectivity index (χ4n) is 4.21. The van der Waals surface area contributed by atoms with Crippen LogP contribution in [0, 0.1) is 5.92 Å². The monoisotopic (exact) mass is 386 g/mol. The Kier molecular flexibility index (Phi) is 4.64. The van der Waals surface area contributed by atoms with Gasteiger partial charge in [0.25, 0.3) is 0 Å². The zero-order valence-electron chi connectivity index (χ0n) is 15.0. The van der Waals surface area contributed by atoms with E-state index in [4.69, 9.17) is 15.2 Å². The minimum atomic E-state index is 0. The van der Waals surface area contributed by atoms with E-state index in [9.17, 15) is 4.79 Å². The van der Waals surface area contributed by atoms with Crippen molar-refractivity contribution in [2.45, 2.75) is 25.2 Å². The average Bonchev–Trinajstić information content (AvgIpc) is 3.48. The molecule has 1 aliphatic carbocycles. The van der Waals surface area contributed by atoms with E-state index in [2.05, 4.69) is 6.07 Å². The summed E-state index contributed by atoms with van der Waals surface area (Å²) in [5.41, 5.74) is 10.2. The van der Waals surface area contributed by atoms with Crippen LogP contribution in [0.2, 0.25) is 0 Å². The number of benzene rings is 2. The van der Waals surface area contributed by atoms with Gasteiger partial charge in [-0.2, -0.15) is 0 Å². The molecule has 3 aliphatic rings. The Hall–Kier alpha value is -2.40. The van der Waals surface area contributed by atoms with Crippen LogP contribution in [0.1, 0.15) is 29.9 Å². The topological polar surface area (TPSA) is 64.8 Å². The average molecular weight is 387 g/mol. The maximum atomic E-state index is 13.1. The third-order valence-corrected chi connectivity index (χ3v) is 5.65. The molecule has 2 N–H and O–H groups in total. The second-order valence-corrected chi connectivity index (χ2v) is 7.29. The fourth-order valence-corrected chi connectivity index (χ4v) is 4.21. The predicted octanol–water partition coefficient (Wildman–Crippen LogP) is 3.54. The molecule has 1 fully saturated rings. The number of ether oxygens (including phenoxy) is 2. The number of hydrogen-bond donors (Lipinski definition) is 1. The molecule has 5 rings (SSSR count). The molecule has 0 saturated heterocycles. The molecule has 0 spiro atoms. The Bertz CT molecular complexity index is 886. The first-order valence-corrected chi connectivity index (χ1v) is 9.30. The Morgan fingerprint density at radius 3 is 2.78 bits per heavy atom. The molecule has 2 aromatic rings. The molecule has 27 heavy (non-hydrogen) atoms. The summed E-state index contributed by atoms with van der Waals surface area (Å²) in [6, 6.07) is 11.9. The SMILES string of the molecule is Cl.Nc1cccc2c1CCCN2C(=O)C1CC1c1ccc2c(c1)OCCO2. The van der Waals surface area contributed by atoms with Crippen molar-refractivity contribution in [3.8, 4) is 11.5 Å². The Morgan fingerprint density at radius 1 is 1.11 bits per heavy atom. The number of hydrogen-bond acceptors (Lipinski definition) is 4. The van der Waals surface area contributed by atoms with Gasteiger partial charge in [-0.05, 0) is 60.6 Å². The summed E-state index contributed by atoms with van der Waals surface area (Å²) >= 11 is 0. The number of carbonyl (C=O) groups excluding carboxylic acids is 1. The Morgan fingerprint density at radius 2 is 1.93 bits per heavy atom. The van der Waals surface area contributed by atoms with Crippen LogP contribution in [-0.2, 0) is 11.2 Å². The standard InChI is InChI=1S/C21H22N2O3.ClH/c22-17-4-1-5-18-14(17)3-2-8-23(18)21(24)16-12-15(16)13-6-7-19-20(11-13)26-10-9-25-19;/h1,4-7,11,15-16H,2-3,8-10,12,22H2;1H. The first kappa shape index (κ1) is 18.0. The van der Waals surface area contributed by atoms with Crippen LogP contribution in [0.25, 0.3) is 0 Å². The summed E-state index contributed by atoms with van der Waals surface area (Å²) in [6.07, 6.45) is 2.81. The third kappa shape index (κ3) is 3.10. The minimum absolute atomic E-state index is 0. The van der Waals surface area contributed by atoms with E-state index in [1.807, 2.05) is 35.2 Å². The molecule has 0 radical (unpaired) electrons. The van der Waals surface area contributed by atoms with Crippen molar-refractivity contribution in [1.29, 1.82) is 0 Å². The van der Waals surface area contributed by atoms with Gasteiger partial charge in [0, 0.05) is 23.8 Å². The Balaban J connectivity index is 0.00000180. The van der Waals surface area contributed by atoms with Gasteiger partial charge in [0.2, 0.25) is 5.91 Å². The van der Waals surface area contributed by atoms with Gasteiger partial charge in [-0.25, -0.2) is 0 Å². The van der Waals surface area contributed by atoms with Gasteiger partial charge in [-0.1, -0.05) is 12.1 Å². The molecule has 2 unspecified atom stereocenters. The highest BCUT2D eigenvalue weighted by Crippen LogP contribution is 2.51. The van der Waals surface area contributed by atoms with Crippen LogP contribution < -0.4 is 20.1 Å². The number of nitrogens with zero attached hydrogens (tertiary/aromatic N) is 1. The number of halogens is 1. The highest BCUT2D eigenvalue weighted by atomic mass is 35.5. The van der Waals surface area contributed by atoms with Crippen molar-refractivity contribution in [2.75, 3.05) is 30.4 Å². The van der Waals surface area contributed by atoms with Gasteiger partial charge in [0.15, 0.2) is 11.5 Å². The summed E-state index contributed by atoms with van der Waals surface area (Å²) in [5.74, 6) is 2.12. The molecular formula is C21H23ClN2O3. The van der Waals surface area contributed by atoms with Crippen LogP contribution in [0.15, 0.2) is 36.4 Å². The largest absolute Gasteiger partial charge is 0.486 e. The molecule has 5 nitrogen and oxygen atoms in total. The van der Waals surface area contributed by atoms with E-state index in [1.165, 1.54) is 0 Å². The number of nitrogen functional groups attached to an aromatic ring is 1. The normalized spacial score (nSPS) is 22.4. The van der Waals surface area contributed by atoms with E-state index in [-0.39, 0.29) is 30.2 Å². The van der Waals surface area contributed by atoms with Crippen LogP contribution in [0.4, 0.5) is 11.4 Å². The van der Waals surface area contributed by atoms with Crippen LogP contribution >= 0.6 is 12.4 Å². The van der Waals surface area contributed by atoms with E-state index in [0.29, 0.717) is 13.2 Å². The summed E-state index contributed by atoms with van der Waals surface area (Å²) in [5, 5.41) is 0. The number of amides is 1. The van der Waals surface area contributed by atoms with Crippen molar-refractivity contribution in [3.63, 3.8) is 0 Å². The molecule has 2 heterocycles. The number of anilines is 2. The van der Waals surface area contributed by atoms with Crippen molar-refractivity contribution in [2.24, 2.45) is 5.92 Å². The lowest BCUT2D eigenvalue weighted by Gasteiger charge is -2.30. The maximum absolute atomic E-state index is 13.1. The predicted molar refractivity (Wildman–Crippen MR) is 107 cm³/mol. The first-order chi connectivity index (χ1) is 12.7. The zero-order chi connectivity index (χ0) is 17.7. The van der Waals surface area contributed by atoms with Gasteiger partial charge in [-0.15, -0.1) is 12.4 Å². The van der Waals surface area contributed by atoms with Gasteiger partial charge in [0.05, 0.1) is 0 Å². The van der Waals surface area contributed by atoms with Crippen LogP contribution in [0.3, 0.4) is 0 Å². The van der Waals surface area contributed by atoms with Gasteiger partial charge in [-0.3, -0.25) is 4.79 Å². The minimum Gasteiger partial charge on any atom is -0.486 e. The lowest BCUT2D eigenvalue weighted by Crippen LogP contribution is -2.37. The smallest absolute Gasteiger partial charge is 0.230 e. The van der Waals surface area contributed by atoms with Gasteiger partial charge in [0.1, 0.15) is 13.2 Å². The number of carbonyl (C=O) groups is 1. The molecule has 0 bridgehead atoms. The van der Waals surface area contributed by atoms with Gasteiger partial charge < -0.3 is 20.1 Å². The van der Waals surface area contributed by atoms with Crippen molar-refractivity contribution in [3.05, 3.63) is 47.5 Å². The third-order valence-electron chi connectivity index (χ3n) is 5.65. The molecule has 1 amide bonds. The molecule has 142 valence electrons. The van der Waals surface area contributed by atoms with E-state index in [0.717, 1.165) is 59.8 Å².